The number of rotatable bonds is 11. The van der Waals surface area contributed by atoms with Crippen LogP contribution in [-0.4, -0.2) is 43.7 Å². The first kappa shape index (κ1) is 16.8. The number of aliphatic hydroxyl groups excluding tert-OH is 2. The van der Waals surface area contributed by atoms with Gasteiger partial charge in [0.05, 0.1) is 19.3 Å². The summed E-state index contributed by atoms with van der Waals surface area (Å²) < 4.78 is 27.2. The SMILES string of the molecule is CCCCCCCCOS(=O)(=O)CC(O)CO. The van der Waals surface area contributed by atoms with Gasteiger partial charge in [-0.15, -0.1) is 0 Å². The Hall–Kier alpha value is -0.170. The second-order valence-corrected chi connectivity index (χ2v) is 5.83. The maximum absolute atomic E-state index is 11.2. The molecule has 0 saturated carbocycles. The van der Waals surface area contributed by atoms with E-state index < -0.39 is 28.6 Å². The van der Waals surface area contributed by atoms with Crippen molar-refractivity contribution in [2.24, 2.45) is 0 Å². The van der Waals surface area contributed by atoms with Crippen LogP contribution in [0.2, 0.25) is 0 Å². The van der Waals surface area contributed by atoms with Crippen LogP contribution in [0.1, 0.15) is 45.4 Å². The van der Waals surface area contributed by atoms with Crippen LogP contribution in [0.5, 0.6) is 0 Å². The van der Waals surface area contributed by atoms with Crippen LogP contribution in [0.4, 0.5) is 0 Å². The molecule has 0 aromatic rings. The van der Waals surface area contributed by atoms with Crippen LogP contribution >= 0.6 is 0 Å². The summed E-state index contributed by atoms with van der Waals surface area (Å²) in [5, 5.41) is 17.5. The summed E-state index contributed by atoms with van der Waals surface area (Å²) in [5.41, 5.74) is 0. The van der Waals surface area contributed by atoms with Gasteiger partial charge in [0, 0.05) is 0 Å². The monoisotopic (exact) mass is 268 g/mol. The van der Waals surface area contributed by atoms with Crippen molar-refractivity contribution >= 4 is 10.1 Å². The summed E-state index contributed by atoms with van der Waals surface area (Å²) in [6.45, 7) is 1.73. The molecule has 0 fully saturated rings. The maximum Gasteiger partial charge on any atom is 0.269 e. The number of aliphatic hydroxyl groups is 2. The average molecular weight is 268 g/mol. The van der Waals surface area contributed by atoms with Crippen LogP contribution < -0.4 is 0 Å². The summed E-state index contributed by atoms with van der Waals surface area (Å²) in [7, 11) is -3.70. The predicted molar refractivity (Wildman–Crippen MR) is 66.2 cm³/mol. The van der Waals surface area contributed by atoms with Gasteiger partial charge in [-0.3, -0.25) is 4.18 Å². The molecule has 0 aliphatic rings. The Kier molecular flexibility index (Phi) is 9.72. The molecule has 0 bridgehead atoms. The lowest BCUT2D eigenvalue weighted by atomic mass is 10.1. The molecule has 0 heterocycles. The lowest BCUT2D eigenvalue weighted by Gasteiger charge is -2.08. The number of unbranched alkanes of at least 4 members (excludes halogenated alkanes) is 5. The molecule has 0 aromatic heterocycles. The Balaban J connectivity index is 3.53. The van der Waals surface area contributed by atoms with Crippen LogP contribution in [0.15, 0.2) is 0 Å². The van der Waals surface area contributed by atoms with E-state index in [1.807, 2.05) is 0 Å². The first-order chi connectivity index (χ1) is 8.02. The van der Waals surface area contributed by atoms with Gasteiger partial charge in [0.1, 0.15) is 5.75 Å². The van der Waals surface area contributed by atoms with E-state index in [1.165, 1.54) is 19.3 Å². The van der Waals surface area contributed by atoms with Gasteiger partial charge in [0.2, 0.25) is 0 Å². The first-order valence-electron chi connectivity index (χ1n) is 6.18. The highest BCUT2D eigenvalue weighted by Gasteiger charge is 2.16. The van der Waals surface area contributed by atoms with E-state index in [4.69, 9.17) is 14.4 Å². The molecule has 0 saturated heterocycles. The third-order valence-electron chi connectivity index (χ3n) is 2.37. The standard InChI is InChI=1S/C11H24O5S/c1-2-3-4-5-6-7-8-16-17(14,15)10-11(13)9-12/h11-13H,2-10H2,1H3. The van der Waals surface area contributed by atoms with Gasteiger partial charge >= 0.3 is 0 Å². The molecule has 0 rings (SSSR count). The second-order valence-electron chi connectivity index (χ2n) is 4.15. The van der Waals surface area contributed by atoms with Crippen molar-refractivity contribution < 1.29 is 22.8 Å². The van der Waals surface area contributed by atoms with Gasteiger partial charge in [-0.1, -0.05) is 39.0 Å². The molecular formula is C11H24O5S. The van der Waals surface area contributed by atoms with Crippen LogP contribution in [0.25, 0.3) is 0 Å². The highest BCUT2D eigenvalue weighted by molar-refractivity contribution is 7.86. The summed E-state index contributed by atoms with van der Waals surface area (Å²) in [6, 6.07) is 0. The summed E-state index contributed by atoms with van der Waals surface area (Å²) in [6.07, 6.45) is 5.06. The van der Waals surface area contributed by atoms with Crippen molar-refractivity contribution in [2.45, 2.75) is 51.6 Å². The lowest BCUT2D eigenvalue weighted by Crippen LogP contribution is -2.25. The molecule has 0 radical (unpaired) electrons. The molecule has 0 spiro atoms. The molecule has 0 aliphatic carbocycles. The zero-order chi connectivity index (χ0) is 13.1. The molecule has 0 amide bonds. The van der Waals surface area contributed by atoms with Gasteiger partial charge in [-0.25, -0.2) is 0 Å². The Bertz CT molecular complexity index is 263. The topological polar surface area (TPSA) is 83.8 Å². The molecular weight excluding hydrogens is 244 g/mol. The van der Waals surface area contributed by atoms with E-state index in [1.54, 1.807) is 0 Å². The van der Waals surface area contributed by atoms with Crippen LogP contribution in [0, 0.1) is 0 Å². The largest absolute Gasteiger partial charge is 0.394 e. The highest BCUT2D eigenvalue weighted by Crippen LogP contribution is 2.06. The van der Waals surface area contributed by atoms with Crippen LogP contribution in [-0.2, 0) is 14.3 Å². The third-order valence-corrected chi connectivity index (χ3v) is 3.69. The predicted octanol–water partition coefficient (Wildman–Crippen LogP) is 1.05. The fraction of sp³-hybridized carbons (Fsp3) is 1.00. The second kappa shape index (κ2) is 9.82. The highest BCUT2D eigenvalue weighted by atomic mass is 32.2. The Morgan fingerprint density at radius 1 is 1.12 bits per heavy atom. The van der Waals surface area contributed by atoms with Crippen molar-refractivity contribution in [3.63, 3.8) is 0 Å². The Morgan fingerprint density at radius 3 is 2.29 bits per heavy atom. The van der Waals surface area contributed by atoms with E-state index in [0.29, 0.717) is 6.42 Å². The molecule has 2 N–H and O–H groups in total. The van der Waals surface area contributed by atoms with E-state index >= 15 is 0 Å². The van der Waals surface area contributed by atoms with Crippen molar-refractivity contribution in [1.82, 2.24) is 0 Å². The Morgan fingerprint density at radius 2 is 1.71 bits per heavy atom. The van der Waals surface area contributed by atoms with Gasteiger partial charge in [-0.05, 0) is 6.42 Å². The lowest BCUT2D eigenvalue weighted by molar-refractivity contribution is 0.109. The van der Waals surface area contributed by atoms with E-state index in [9.17, 15) is 8.42 Å². The smallest absolute Gasteiger partial charge is 0.269 e. The molecule has 104 valence electrons. The average Bonchev–Trinajstić information content (AvgIpc) is 2.27. The fourth-order valence-corrected chi connectivity index (χ4v) is 2.45. The van der Waals surface area contributed by atoms with Crippen molar-refractivity contribution in [3.8, 4) is 0 Å². The maximum atomic E-state index is 11.2. The number of hydrogen-bond donors (Lipinski definition) is 2. The molecule has 0 aromatic carbocycles. The van der Waals surface area contributed by atoms with Crippen molar-refractivity contribution in [3.05, 3.63) is 0 Å². The van der Waals surface area contributed by atoms with Gasteiger partial charge in [-0.2, -0.15) is 8.42 Å². The Labute approximate surface area is 104 Å². The molecule has 6 heteroatoms. The van der Waals surface area contributed by atoms with Crippen LogP contribution in [0.3, 0.4) is 0 Å². The zero-order valence-corrected chi connectivity index (χ0v) is 11.3. The summed E-state index contributed by atoms with van der Waals surface area (Å²) in [4.78, 5) is 0. The normalized spacial score (nSPS) is 13.8. The quantitative estimate of drug-likeness (QED) is 0.432. The summed E-state index contributed by atoms with van der Waals surface area (Å²) in [5.74, 6) is -0.542. The van der Waals surface area contributed by atoms with Gasteiger partial charge in [0.15, 0.2) is 0 Å². The minimum atomic E-state index is -3.70. The molecule has 1 unspecified atom stereocenters. The van der Waals surface area contributed by atoms with Gasteiger partial charge in [0.25, 0.3) is 10.1 Å². The molecule has 17 heavy (non-hydrogen) atoms. The minimum absolute atomic E-state index is 0.159. The van der Waals surface area contributed by atoms with Crippen molar-refractivity contribution in [1.29, 1.82) is 0 Å². The molecule has 0 aliphatic heterocycles. The number of hydrogen-bond acceptors (Lipinski definition) is 5. The van der Waals surface area contributed by atoms with E-state index in [0.717, 1.165) is 12.8 Å². The van der Waals surface area contributed by atoms with Gasteiger partial charge < -0.3 is 10.2 Å². The van der Waals surface area contributed by atoms with Crippen molar-refractivity contribution in [2.75, 3.05) is 19.0 Å². The first-order valence-corrected chi connectivity index (χ1v) is 7.75. The third kappa shape index (κ3) is 10.7. The fourth-order valence-electron chi connectivity index (χ4n) is 1.40. The zero-order valence-electron chi connectivity index (χ0n) is 10.5. The summed E-state index contributed by atoms with van der Waals surface area (Å²) >= 11 is 0. The molecule has 1 atom stereocenters. The van der Waals surface area contributed by atoms with E-state index in [-0.39, 0.29) is 6.61 Å². The van der Waals surface area contributed by atoms with E-state index in [2.05, 4.69) is 6.92 Å². The molecule has 5 nitrogen and oxygen atoms in total. The minimum Gasteiger partial charge on any atom is -0.394 e.